The molecule has 0 radical (unpaired) electrons. The fourth-order valence-electron chi connectivity index (χ4n) is 2.25. The van der Waals surface area contributed by atoms with Gasteiger partial charge in [0, 0.05) is 17.4 Å². The SMILES string of the molecule is CC(C)NC(=O)CNC(=O)C[C@H]1Sc2ccc(C(F)(F)F)cc2NC1=O. The molecule has 1 heterocycles. The third-order valence-electron chi connectivity index (χ3n) is 3.39. The van der Waals surface area contributed by atoms with Crippen LogP contribution >= 0.6 is 11.8 Å². The fourth-order valence-corrected chi connectivity index (χ4v) is 3.34. The van der Waals surface area contributed by atoms with Gasteiger partial charge in [0.25, 0.3) is 0 Å². The van der Waals surface area contributed by atoms with E-state index in [0.29, 0.717) is 4.90 Å². The lowest BCUT2D eigenvalue weighted by atomic mass is 10.1. The zero-order valence-electron chi connectivity index (χ0n) is 14.1. The first-order valence-electron chi connectivity index (χ1n) is 7.81. The van der Waals surface area contributed by atoms with Gasteiger partial charge in [-0.2, -0.15) is 13.2 Å². The van der Waals surface area contributed by atoms with Crippen molar-refractivity contribution < 1.29 is 27.6 Å². The van der Waals surface area contributed by atoms with Gasteiger partial charge < -0.3 is 16.0 Å². The Morgan fingerprint density at radius 2 is 1.96 bits per heavy atom. The molecule has 0 spiro atoms. The van der Waals surface area contributed by atoms with Crippen molar-refractivity contribution in [2.75, 3.05) is 11.9 Å². The second-order valence-corrected chi connectivity index (χ2v) is 7.25. The Morgan fingerprint density at radius 3 is 2.58 bits per heavy atom. The van der Waals surface area contributed by atoms with Crippen molar-refractivity contribution in [1.82, 2.24) is 10.6 Å². The fraction of sp³-hybridized carbons (Fsp3) is 0.438. The Bertz CT molecular complexity index is 722. The number of amides is 3. The molecule has 1 aliphatic heterocycles. The van der Waals surface area contributed by atoms with Gasteiger partial charge in [0.05, 0.1) is 23.0 Å². The minimum atomic E-state index is -4.50. The second kappa shape index (κ2) is 7.98. The molecule has 6 nitrogen and oxygen atoms in total. The molecule has 0 saturated heterocycles. The Morgan fingerprint density at radius 1 is 1.27 bits per heavy atom. The van der Waals surface area contributed by atoms with E-state index in [1.165, 1.54) is 6.07 Å². The average molecular weight is 389 g/mol. The predicted octanol–water partition coefficient (Wildman–Crippen LogP) is 2.15. The summed E-state index contributed by atoms with van der Waals surface area (Å²) in [5.41, 5.74) is -0.785. The zero-order valence-corrected chi connectivity index (χ0v) is 14.9. The van der Waals surface area contributed by atoms with Crippen molar-refractivity contribution in [3.05, 3.63) is 23.8 Å². The van der Waals surface area contributed by atoms with Crippen LogP contribution in [-0.4, -0.2) is 35.6 Å². The Kier molecular flexibility index (Phi) is 6.17. The highest BCUT2D eigenvalue weighted by molar-refractivity contribution is 8.01. The predicted molar refractivity (Wildman–Crippen MR) is 90.6 cm³/mol. The lowest BCUT2D eigenvalue weighted by Crippen LogP contribution is -2.41. The summed E-state index contributed by atoms with van der Waals surface area (Å²) in [6.07, 6.45) is -4.69. The molecule has 10 heteroatoms. The molecule has 3 N–H and O–H groups in total. The van der Waals surface area contributed by atoms with Gasteiger partial charge in [-0.15, -0.1) is 11.8 Å². The van der Waals surface area contributed by atoms with Crippen LogP contribution in [-0.2, 0) is 20.6 Å². The summed E-state index contributed by atoms with van der Waals surface area (Å²) in [7, 11) is 0. The van der Waals surface area contributed by atoms with E-state index in [-0.39, 0.29) is 30.6 Å². The van der Waals surface area contributed by atoms with Crippen molar-refractivity contribution in [2.45, 2.75) is 42.6 Å². The normalized spacial score (nSPS) is 16.7. The topological polar surface area (TPSA) is 87.3 Å². The number of rotatable bonds is 5. The first-order valence-corrected chi connectivity index (χ1v) is 8.69. The molecule has 0 aromatic heterocycles. The van der Waals surface area contributed by atoms with Crippen LogP contribution in [0, 0.1) is 0 Å². The standard InChI is InChI=1S/C16H18F3N3O3S/c1-8(2)21-14(24)7-20-13(23)6-12-15(25)22-10-5-9(16(17,18)19)3-4-11(10)26-12/h3-5,8,12H,6-7H2,1-2H3,(H,20,23)(H,21,24)(H,22,25)/t12-/m1/s1. The van der Waals surface area contributed by atoms with E-state index in [1.807, 2.05) is 0 Å². The van der Waals surface area contributed by atoms with E-state index in [9.17, 15) is 27.6 Å². The summed E-state index contributed by atoms with van der Waals surface area (Å²) in [6, 6.07) is 3.00. The van der Waals surface area contributed by atoms with Crippen LogP contribution in [0.4, 0.5) is 18.9 Å². The minimum absolute atomic E-state index is 0.0582. The van der Waals surface area contributed by atoms with Crippen molar-refractivity contribution in [1.29, 1.82) is 0 Å². The van der Waals surface area contributed by atoms with E-state index in [1.54, 1.807) is 13.8 Å². The van der Waals surface area contributed by atoms with Gasteiger partial charge in [0.2, 0.25) is 17.7 Å². The first-order chi connectivity index (χ1) is 12.1. The van der Waals surface area contributed by atoms with Crippen molar-refractivity contribution in [2.24, 2.45) is 0 Å². The van der Waals surface area contributed by atoms with Crippen LogP contribution in [0.15, 0.2) is 23.1 Å². The second-order valence-electron chi connectivity index (χ2n) is 6.01. The maximum absolute atomic E-state index is 12.7. The number of carbonyl (C=O) groups excluding carboxylic acids is 3. The van der Waals surface area contributed by atoms with E-state index in [0.717, 1.165) is 23.9 Å². The molecule has 2 rings (SSSR count). The van der Waals surface area contributed by atoms with E-state index in [2.05, 4.69) is 16.0 Å². The molecule has 0 bridgehead atoms. The number of anilines is 1. The lowest BCUT2D eigenvalue weighted by molar-refractivity contribution is -0.137. The monoisotopic (exact) mass is 389 g/mol. The number of alkyl halides is 3. The van der Waals surface area contributed by atoms with Crippen LogP contribution in [0.2, 0.25) is 0 Å². The molecular formula is C16H18F3N3O3S. The maximum atomic E-state index is 12.7. The Labute approximate surface area is 152 Å². The molecule has 142 valence electrons. The van der Waals surface area contributed by atoms with Gasteiger partial charge in [-0.25, -0.2) is 0 Å². The van der Waals surface area contributed by atoms with Gasteiger partial charge in [-0.05, 0) is 32.0 Å². The number of halogens is 3. The summed E-state index contributed by atoms with van der Waals surface area (Å²) in [4.78, 5) is 35.9. The smallest absolute Gasteiger partial charge is 0.352 e. The van der Waals surface area contributed by atoms with E-state index in [4.69, 9.17) is 0 Å². The molecule has 0 saturated carbocycles. The number of hydrogen-bond donors (Lipinski definition) is 3. The van der Waals surface area contributed by atoms with E-state index < -0.39 is 28.8 Å². The minimum Gasteiger partial charge on any atom is -0.352 e. The number of nitrogens with one attached hydrogen (secondary N) is 3. The first kappa shape index (κ1) is 20.1. The van der Waals surface area contributed by atoms with Crippen LogP contribution in [0.1, 0.15) is 25.8 Å². The quantitative estimate of drug-likeness (QED) is 0.720. The Hall–Kier alpha value is -2.23. The van der Waals surface area contributed by atoms with Crippen LogP contribution in [0.3, 0.4) is 0 Å². The summed E-state index contributed by atoms with van der Waals surface area (Å²) in [6.45, 7) is 3.36. The molecule has 0 aliphatic carbocycles. The van der Waals surface area contributed by atoms with Gasteiger partial charge >= 0.3 is 6.18 Å². The third kappa shape index (κ3) is 5.38. The molecule has 0 fully saturated rings. The molecule has 1 aromatic rings. The number of fused-ring (bicyclic) bond motifs is 1. The van der Waals surface area contributed by atoms with E-state index >= 15 is 0 Å². The molecule has 1 atom stereocenters. The van der Waals surface area contributed by atoms with Gasteiger partial charge in [0.15, 0.2) is 0 Å². The molecule has 26 heavy (non-hydrogen) atoms. The molecule has 1 aliphatic rings. The molecule has 1 aromatic carbocycles. The largest absolute Gasteiger partial charge is 0.416 e. The van der Waals surface area contributed by atoms with Gasteiger partial charge in [-0.3, -0.25) is 14.4 Å². The lowest BCUT2D eigenvalue weighted by Gasteiger charge is -2.24. The summed E-state index contributed by atoms with van der Waals surface area (Å²) < 4.78 is 38.2. The van der Waals surface area contributed by atoms with Crippen LogP contribution in [0.5, 0.6) is 0 Å². The summed E-state index contributed by atoms with van der Waals surface area (Å²) >= 11 is 1.02. The Balaban J connectivity index is 1.96. The summed E-state index contributed by atoms with van der Waals surface area (Å²) in [5.74, 6) is -1.39. The molecular weight excluding hydrogens is 371 g/mol. The van der Waals surface area contributed by atoms with Gasteiger partial charge in [-0.1, -0.05) is 0 Å². The highest BCUT2D eigenvalue weighted by Crippen LogP contribution is 2.40. The average Bonchev–Trinajstić information content (AvgIpc) is 2.51. The summed E-state index contributed by atoms with van der Waals surface area (Å²) in [5, 5.41) is 6.64. The number of carbonyl (C=O) groups is 3. The van der Waals surface area contributed by atoms with Crippen molar-refractivity contribution in [3.8, 4) is 0 Å². The van der Waals surface area contributed by atoms with Crippen molar-refractivity contribution >= 4 is 35.2 Å². The van der Waals surface area contributed by atoms with Gasteiger partial charge in [0.1, 0.15) is 0 Å². The number of thioether (sulfide) groups is 1. The zero-order chi connectivity index (χ0) is 19.5. The number of hydrogen-bond acceptors (Lipinski definition) is 4. The highest BCUT2D eigenvalue weighted by atomic mass is 32.2. The molecule has 3 amide bonds. The molecule has 0 unspecified atom stereocenters. The van der Waals surface area contributed by atoms with Crippen LogP contribution < -0.4 is 16.0 Å². The van der Waals surface area contributed by atoms with Crippen LogP contribution in [0.25, 0.3) is 0 Å². The number of benzene rings is 1. The maximum Gasteiger partial charge on any atom is 0.416 e. The highest BCUT2D eigenvalue weighted by Gasteiger charge is 2.34. The van der Waals surface area contributed by atoms with Crippen molar-refractivity contribution in [3.63, 3.8) is 0 Å². The third-order valence-corrected chi connectivity index (χ3v) is 4.67.